The number of carbonyl (C=O) groups excluding carboxylic acids is 2. The molecule has 3 atom stereocenters. The topological polar surface area (TPSA) is 61.9 Å². The molecule has 2 saturated heterocycles. The molecule has 6 heteroatoms. The molecule has 0 radical (unpaired) electrons. The molecule has 3 unspecified atom stereocenters. The lowest BCUT2D eigenvalue weighted by atomic mass is 9.96. The first-order valence-electron chi connectivity index (χ1n) is 8.36. The third kappa shape index (κ3) is 4.35. The molecule has 126 valence electrons. The summed E-state index contributed by atoms with van der Waals surface area (Å²) >= 11 is 0. The summed E-state index contributed by atoms with van der Waals surface area (Å²) in [6.07, 6.45) is 1.91. The molecule has 2 rings (SSSR count). The van der Waals surface area contributed by atoms with Gasteiger partial charge in [-0.3, -0.25) is 4.79 Å². The zero-order chi connectivity index (χ0) is 16.3. The SMILES string of the molecule is CC(C)NC(=O)N1CCCC(C(=O)N2CC(C)OC(C)C2)C1. The molecule has 0 aromatic carbocycles. The third-order valence-corrected chi connectivity index (χ3v) is 4.20. The number of urea groups is 1. The maximum Gasteiger partial charge on any atom is 0.317 e. The summed E-state index contributed by atoms with van der Waals surface area (Å²) < 4.78 is 5.69. The van der Waals surface area contributed by atoms with Crippen molar-refractivity contribution in [2.75, 3.05) is 26.2 Å². The van der Waals surface area contributed by atoms with E-state index in [1.807, 2.05) is 32.6 Å². The average molecular weight is 311 g/mol. The van der Waals surface area contributed by atoms with Gasteiger partial charge in [0.15, 0.2) is 0 Å². The summed E-state index contributed by atoms with van der Waals surface area (Å²) in [6, 6.07) is 0.0562. The third-order valence-electron chi connectivity index (χ3n) is 4.20. The van der Waals surface area contributed by atoms with E-state index in [9.17, 15) is 9.59 Å². The predicted molar refractivity (Wildman–Crippen MR) is 84.6 cm³/mol. The standard InChI is InChI=1S/C16H29N3O3/c1-11(2)17-16(21)18-7-5-6-14(10-18)15(20)19-8-12(3)22-13(4)9-19/h11-14H,5-10H2,1-4H3,(H,17,21). The Kier molecular flexibility index (Phi) is 5.67. The largest absolute Gasteiger partial charge is 0.372 e. The van der Waals surface area contributed by atoms with Crippen molar-refractivity contribution in [2.45, 2.75) is 58.8 Å². The lowest BCUT2D eigenvalue weighted by Crippen LogP contribution is -2.54. The van der Waals surface area contributed by atoms with Crippen molar-refractivity contribution in [1.29, 1.82) is 0 Å². The second kappa shape index (κ2) is 7.31. The number of hydrogen-bond acceptors (Lipinski definition) is 3. The molecule has 0 aliphatic carbocycles. The minimum atomic E-state index is -0.0795. The summed E-state index contributed by atoms with van der Waals surface area (Å²) in [5.41, 5.74) is 0. The van der Waals surface area contributed by atoms with Crippen molar-refractivity contribution in [3.05, 3.63) is 0 Å². The van der Waals surface area contributed by atoms with Crippen LogP contribution in [0.2, 0.25) is 0 Å². The van der Waals surface area contributed by atoms with Gasteiger partial charge in [-0.25, -0.2) is 4.79 Å². The molecule has 2 aliphatic heterocycles. The van der Waals surface area contributed by atoms with Gasteiger partial charge in [-0.05, 0) is 40.5 Å². The zero-order valence-electron chi connectivity index (χ0n) is 14.2. The fraction of sp³-hybridized carbons (Fsp3) is 0.875. The number of morpholine rings is 1. The van der Waals surface area contributed by atoms with Crippen LogP contribution in [-0.2, 0) is 9.53 Å². The smallest absolute Gasteiger partial charge is 0.317 e. The van der Waals surface area contributed by atoms with Crippen LogP contribution in [0, 0.1) is 5.92 Å². The fourth-order valence-corrected chi connectivity index (χ4v) is 3.32. The number of nitrogens with one attached hydrogen (secondary N) is 1. The number of ether oxygens (including phenoxy) is 1. The summed E-state index contributed by atoms with van der Waals surface area (Å²) in [7, 11) is 0. The maximum atomic E-state index is 12.7. The summed E-state index contributed by atoms with van der Waals surface area (Å²) in [5.74, 6) is 0.0909. The summed E-state index contributed by atoms with van der Waals surface area (Å²) in [5, 5.41) is 2.91. The van der Waals surface area contributed by atoms with E-state index in [0.29, 0.717) is 19.6 Å². The van der Waals surface area contributed by atoms with E-state index < -0.39 is 0 Å². The Morgan fingerprint density at radius 2 is 1.73 bits per heavy atom. The van der Waals surface area contributed by atoms with Crippen molar-refractivity contribution < 1.29 is 14.3 Å². The van der Waals surface area contributed by atoms with E-state index in [4.69, 9.17) is 4.74 Å². The van der Waals surface area contributed by atoms with Gasteiger partial charge < -0.3 is 19.9 Å². The highest BCUT2D eigenvalue weighted by Gasteiger charge is 2.34. The lowest BCUT2D eigenvalue weighted by molar-refractivity contribution is -0.148. The normalized spacial score (nSPS) is 29.6. The van der Waals surface area contributed by atoms with Gasteiger partial charge in [-0.15, -0.1) is 0 Å². The summed E-state index contributed by atoms with van der Waals surface area (Å²) in [4.78, 5) is 28.6. The minimum Gasteiger partial charge on any atom is -0.372 e. The van der Waals surface area contributed by atoms with Crippen LogP contribution in [-0.4, -0.2) is 66.2 Å². The number of piperidine rings is 1. The molecular weight excluding hydrogens is 282 g/mol. The van der Waals surface area contributed by atoms with Crippen molar-refractivity contribution >= 4 is 11.9 Å². The van der Waals surface area contributed by atoms with Gasteiger partial charge in [0.2, 0.25) is 5.91 Å². The van der Waals surface area contributed by atoms with Gasteiger partial charge in [0.1, 0.15) is 0 Å². The monoisotopic (exact) mass is 311 g/mol. The van der Waals surface area contributed by atoms with Crippen molar-refractivity contribution in [3.63, 3.8) is 0 Å². The van der Waals surface area contributed by atoms with E-state index in [1.165, 1.54) is 0 Å². The van der Waals surface area contributed by atoms with Crippen LogP contribution >= 0.6 is 0 Å². The van der Waals surface area contributed by atoms with Crippen molar-refractivity contribution in [3.8, 4) is 0 Å². The molecule has 3 amide bonds. The van der Waals surface area contributed by atoms with E-state index >= 15 is 0 Å². The Balaban J connectivity index is 1.93. The number of carbonyl (C=O) groups is 2. The molecule has 0 saturated carbocycles. The zero-order valence-corrected chi connectivity index (χ0v) is 14.2. The number of hydrogen-bond donors (Lipinski definition) is 1. The van der Waals surface area contributed by atoms with Crippen LogP contribution in [0.5, 0.6) is 0 Å². The van der Waals surface area contributed by atoms with Gasteiger partial charge in [0, 0.05) is 32.2 Å². The van der Waals surface area contributed by atoms with Gasteiger partial charge >= 0.3 is 6.03 Å². The maximum absolute atomic E-state index is 12.7. The fourth-order valence-electron chi connectivity index (χ4n) is 3.32. The highest BCUT2D eigenvalue weighted by molar-refractivity contribution is 5.81. The first kappa shape index (κ1) is 17.1. The van der Waals surface area contributed by atoms with Crippen LogP contribution in [0.1, 0.15) is 40.5 Å². The Morgan fingerprint density at radius 3 is 2.32 bits per heavy atom. The molecule has 0 aromatic rings. The van der Waals surface area contributed by atoms with Crippen molar-refractivity contribution in [2.24, 2.45) is 5.92 Å². The Hall–Kier alpha value is -1.30. The molecule has 0 aromatic heterocycles. The quantitative estimate of drug-likeness (QED) is 0.839. The second-order valence-electron chi connectivity index (χ2n) is 6.89. The van der Waals surface area contributed by atoms with Gasteiger partial charge in [0.25, 0.3) is 0 Å². The molecule has 0 spiro atoms. The van der Waals surface area contributed by atoms with Crippen LogP contribution in [0.25, 0.3) is 0 Å². The molecule has 2 fully saturated rings. The number of likely N-dealkylation sites (tertiary alicyclic amines) is 1. The van der Waals surface area contributed by atoms with Crippen LogP contribution in [0.15, 0.2) is 0 Å². The van der Waals surface area contributed by atoms with E-state index in [0.717, 1.165) is 19.4 Å². The molecular formula is C16H29N3O3. The highest BCUT2D eigenvalue weighted by Crippen LogP contribution is 2.21. The first-order valence-corrected chi connectivity index (χ1v) is 8.36. The Morgan fingerprint density at radius 1 is 1.09 bits per heavy atom. The Labute approximate surface area is 133 Å². The molecule has 0 bridgehead atoms. The van der Waals surface area contributed by atoms with Gasteiger partial charge in [0.05, 0.1) is 18.1 Å². The average Bonchev–Trinajstić information content (AvgIpc) is 2.45. The molecule has 2 aliphatic rings. The minimum absolute atomic E-state index is 0.0591. The van der Waals surface area contributed by atoms with E-state index in [2.05, 4.69) is 5.32 Å². The van der Waals surface area contributed by atoms with Crippen LogP contribution in [0.3, 0.4) is 0 Å². The van der Waals surface area contributed by atoms with Crippen molar-refractivity contribution in [1.82, 2.24) is 15.1 Å². The first-order chi connectivity index (χ1) is 10.4. The molecule has 1 N–H and O–H groups in total. The summed E-state index contributed by atoms with van der Waals surface area (Å²) in [6.45, 7) is 10.5. The van der Waals surface area contributed by atoms with Crippen LogP contribution < -0.4 is 5.32 Å². The van der Waals surface area contributed by atoms with E-state index in [-0.39, 0.29) is 36.1 Å². The van der Waals surface area contributed by atoms with Gasteiger partial charge in [-0.2, -0.15) is 0 Å². The predicted octanol–water partition coefficient (Wildman–Crippen LogP) is 1.45. The highest BCUT2D eigenvalue weighted by atomic mass is 16.5. The Bertz CT molecular complexity index is 403. The molecule has 2 heterocycles. The van der Waals surface area contributed by atoms with Crippen LogP contribution in [0.4, 0.5) is 4.79 Å². The molecule has 22 heavy (non-hydrogen) atoms. The lowest BCUT2D eigenvalue weighted by Gasteiger charge is -2.39. The van der Waals surface area contributed by atoms with Gasteiger partial charge in [-0.1, -0.05) is 0 Å². The number of nitrogens with zero attached hydrogens (tertiary/aromatic N) is 2. The van der Waals surface area contributed by atoms with E-state index in [1.54, 1.807) is 4.90 Å². The second-order valence-corrected chi connectivity index (χ2v) is 6.89. The molecule has 6 nitrogen and oxygen atoms in total. The number of amides is 3. The number of rotatable bonds is 2.